The lowest BCUT2D eigenvalue weighted by Gasteiger charge is -2.39. The summed E-state index contributed by atoms with van der Waals surface area (Å²) in [6, 6.07) is 15.9. The van der Waals surface area contributed by atoms with Crippen molar-refractivity contribution >= 4 is 29.0 Å². The van der Waals surface area contributed by atoms with Gasteiger partial charge in [-0.1, -0.05) is 24.3 Å². The van der Waals surface area contributed by atoms with Gasteiger partial charge in [0, 0.05) is 50.2 Å². The Labute approximate surface area is 191 Å². The van der Waals surface area contributed by atoms with Gasteiger partial charge in [-0.3, -0.25) is 9.78 Å². The summed E-state index contributed by atoms with van der Waals surface area (Å²) >= 11 is 1.50. The van der Waals surface area contributed by atoms with Crippen LogP contribution in [0.15, 0.2) is 66.3 Å². The van der Waals surface area contributed by atoms with Crippen LogP contribution in [0.1, 0.15) is 45.5 Å². The fraction of sp³-hybridized carbons (Fsp3) is 0.320. The van der Waals surface area contributed by atoms with Crippen LogP contribution in [-0.2, 0) is 0 Å². The third-order valence-corrected chi connectivity index (χ3v) is 7.33. The monoisotopic (exact) mass is 446 g/mol. The number of hydrogen-bond acceptors (Lipinski definition) is 4. The van der Waals surface area contributed by atoms with Gasteiger partial charge in [-0.25, -0.2) is 4.79 Å². The SMILES string of the molecule is O=C(Nc1ccc(C2CCN(C(=O)c3cccs3)CC2)cc1)N1CC(c2cccnc2)C1. The zero-order valence-electron chi connectivity index (χ0n) is 17.8. The summed E-state index contributed by atoms with van der Waals surface area (Å²) in [6.07, 6.45) is 5.57. The number of thiophene rings is 1. The first-order valence-electron chi connectivity index (χ1n) is 11.1. The van der Waals surface area contributed by atoms with E-state index in [9.17, 15) is 9.59 Å². The van der Waals surface area contributed by atoms with Crippen LogP contribution in [0.2, 0.25) is 0 Å². The predicted octanol–water partition coefficient (Wildman–Crippen LogP) is 4.79. The molecule has 0 radical (unpaired) electrons. The molecule has 164 valence electrons. The number of pyridine rings is 1. The standard InChI is InChI=1S/C25H26N4O2S/c30-24(23-4-2-14-32-23)28-12-9-19(10-13-28)18-5-7-22(8-6-18)27-25(31)29-16-21(17-29)20-3-1-11-26-15-20/h1-8,11,14-15,19,21H,9-10,12-13,16-17H2,(H,27,31). The van der Waals surface area contributed by atoms with Gasteiger partial charge in [0.1, 0.15) is 0 Å². The Hall–Kier alpha value is -3.19. The van der Waals surface area contributed by atoms with Gasteiger partial charge in [-0.05, 0) is 59.5 Å². The number of benzene rings is 1. The van der Waals surface area contributed by atoms with Crippen LogP contribution in [0.25, 0.3) is 0 Å². The van der Waals surface area contributed by atoms with E-state index in [1.807, 2.05) is 51.7 Å². The number of carbonyl (C=O) groups is 2. The lowest BCUT2D eigenvalue weighted by atomic mass is 9.89. The Kier molecular flexibility index (Phi) is 5.90. The number of hydrogen-bond donors (Lipinski definition) is 1. The maximum absolute atomic E-state index is 12.5. The summed E-state index contributed by atoms with van der Waals surface area (Å²) in [4.78, 5) is 33.8. The van der Waals surface area contributed by atoms with Crippen molar-refractivity contribution < 1.29 is 9.59 Å². The predicted molar refractivity (Wildman–Crippen MR) is 126 cm³/mol. The lowest BCUT2D eigenvalue weighted by molar-refractivity contribution is 0.0718. The Balaban J connectivity index is 1.10. The maximum Gasteiger partial charge on any atom is 0.321 e. The minimum Gasteiger partial charge on any atom is -0.338 e. The Bertz CT molecular complexity index is 1060. The normalized spacial score (nSPS) is 17.1. The molecule has 0 aliphatic carbocycles. The summed E-state index contributed by atoms with van der Waals surface area (Å²) in [6.45, 7) is 3.01. The number of urea groups is 1. The number of carbonyl (C=O) groups excluding carboxylic acids is 2. The highest BCUT2D eigenvalue weighted by atomic mass is 32.1. The number of anilines is 1. The number of likely N-dealkylation sites (tertiary alicyclic amines) is 2. The molecule has 3 amide bonds. The van der Waals surface area contributed by atoms with Crippen molar-refractivity contribution in [2.24, 2.45) is 0 Å². The van der Waals surface area contributed by atoms with E-state index in [0.717, 1.165) is 49.6 Å². The summed E-state index contributed by atoms with van der Waals surface area (Å²) < 4.78 is 0. The summed E-state index contributed by atoms with van der Waals surface area (Å²) in [5.41, 5.74) is 3.27. The number of amides is 3. The fourth-order valence-corrected chi connectivity index (χ4v) is 5.18. The highest BCUT2D eigenvalue weighted by molar-refractivity contribution is 7.12. The quantitative estimate of drug-likeness (QED) is 0.626. The molecule has 4 heterocycles. The smallest absolute Gasteiger partial charge is 0.321 e. The average molecular weight is 447 g/mol. The third kappa shape index (κ3) is 4.39. The molecule has 0 spiro atoms. The zero-order chi connectivity index (χ0) is 21.9. The molecule has 0 atom stereocenters. The number of aromatic nitrogens is 1. The Morgan fingerprint density at radius 2 is 1.69 bits per heavy atom. The summed E-state index contributed by atoms with van der Waals surface area (Å²) in [5, 5.41) is 4.95. The van der Waals surface area contributed by atoms with Crippen LogP contribution in [0.3, 0.4) is 0 Å². The van der Waals surface area contributed by atoms with Gasteiger partial charge in [-0.15, -0.1) is 11.3 Å². The number of nitrogens with one attached hydrogen (secondary N) is 1. The first-order valence-corrected chi connectivity index (χ1v) is 11.9. The molecule has 2 saturated heterocycles. The molecule has 2 aliphatic heterocycles. The molecule has 6 nitrogen and oxygen atoms in total. The molecular formula is C25H26N4O2S. The summed E-state index contributed by atoms with van der Waals surface area (Å²) in [5.74, 6) is 0.963. The second-order valence-corrected chi connectivity index (χ2v) is 9.43. The van der Waals surface area contributed by atoms with E-state index in [1.54, 1.807) is 6.20 Å². The van der Waals surface area contributed by atoms with Crippen molar-refractivity contribution in [3.63, 3.8) is 0 Å². The van der Waals surface area contributed by atoms with Crippen LogP contribution in [0.4, 0.5) is 10.5 Å². The van der Waals surface area contributed by atoms with Crippen molar-refractivity contribution in [1.29, 1.82) is 0 Å². The van der Waals surface area contributed by atoms with E-state index in [0.29, 0.717) is 11.8 Å². The molecule has 0 unspecified atom stereocenters. The molecule has 5 rings (SSSR count). The minimum absolute atomic E-state index is 0.0571. The van der Waals surface area contributed by atoms with E-state index >= 15 is 0 Å². The molecule has 1 aromatic carbocycles. The fourth-order valence-electron chi connectivity index (χ4n) is 4.49. The number of piperidine rings is 1. The largest absolute Gasteiger partial charge is 0.338 e. The topological polar surface area (TPSA) is 65.5 Å². The van der Waals surface area contributed by atoms with E-state index in [-0.39, 0.29) is 11.9 Å². The van der Waals surface area contributed by atoms with Crippen LogP contribution in [0, 0.1) is 0 Å². The Morgan fingerprint density at radius 3 is 2.34 bits per heavy atom. The molecule has 3 aromatic rings. The molecule has 7 heteroatoms. The average Bonchev–Trinajstić information content (AvgIpc) is 3.34. The highest BCUT2D eigenvalue weighted by Crippen LogP contribution is 2.30. The maximum atomic E-state index is 12.5. The molecular weight excluding hydrogens is 420 g/mol. The van der Waals surface area contributed by atoms with Gasteiger partial charge in [0.2, 0.25) is 0 Å². The van der Waals surface area contributed by atoms with Crippen molar-refractivity contribution in [3.8, 4) is 0 Å². The van der Waals surface area contributed by atoms with Gasteiger partial charge in [0.15, 0.2) is 0 Å². The van der Waals surface area contributed by atoms with E-state index in [1.165, 1.54) is 22.5 Å². The zero-order valence-corrected chi connectivity index (χ0v) is 18.6. The molecule has 2 aromatic heterocycles. The molecule has 0 bridgehead atoms. The molecule has 2 aliphatic rings. The second kappa shape index (κ2) is 9.12. The van der Waals surface area contributed by atoms with Crippen LogP contribution >= 0.6 is 11.3 Å². The van der Waals surface area contributed by atoms with Gasteiger partial charge in [0.05, 0.1) is 4.88 Å². The van der Waals surface area contributed by atoms with Crippen LogP contribution in [-0.4, -0.2) is 52.9 Å². The van der Waals surface area contributed by atoms with Gasteiger partial charge in [-0.2, -0.15) is 0 Å². The van der Waals surface area contributed by atoms with Crippen molar-refractivity contribution in [2.75, 3.05) is 31.5 Å². The van der Waals surface area contributed by atoms with Crippen molar-refractivity contribution in [2.45, 2.75) is 24.7 Å². The Morgan fingerprint density at radius 1 is 0.906 bits per heavy atom. The van der Waals surface area contributed by atoms with E-state index < -0.39 is 0 Å². The minimum atomic E-state index is -0.0571. The number of rotatable bonds is 4. The highest BCUT2D eigenvalue weighted by Gasteiger charge is 2.32. The lowest BCUT2D eigenvalue weighted by Crippen LogP contribution is -2.50. The first kappa shape index (κ1) is 20.7. The molecule has 1 N–H and O–H groups in total. The third-order valence-electron chi connectivity index (χ3n) is 6.47. The van der Waals surface area contributed by atoms with E-state index in [4.69, 9.17) is 0 Å². The van der Waals surface area contributed by atoms with Crippen molar-refractivity contribution in [1.82, 2.24) is 14.8 Å². The van der Waals surface area contributed by atoms with Crippen molar-refractivity contribution in [3.05, 3.63) is 82.3 Å². The number of nitrogens with zero attached hydrogens (tertiary/aromatic N) is 3. The summed E-state index contributed by atoms with van der Waals surface area (Å²) in [7, 11) is 0. The molecule has 32 heavy (non-hydrogen) atoms. The van der Waals surface area contributed by atoms with Crippen LogP contribution < -0.4 is 5.32 Å². The van der Waals surface area contributed by atoms with Gasteiger partial charge in [0.25, 0.3) is 5.91 Å². The second-order valence-electron chi connectivity index (χ2n) is 8.48. The van der Waals surface area contributed by atoms with Crippen LogP contribution in [0.5, 0.6) is 0 Å². The van der Waals surface area contributed by atoms with Gasteiger partial charge >= 0.3 is 6.03 Å². The first-order chi connectivity index (χ1) is 15.7. The molecule has 0 saturated carbocycles. The van der Waals surface area contributed by atoms with E-state index in [2.05, 4.69) is 28.5 Å². The van der Waals surface area contributed by atoms with Gasteiger partial charge < -0.3 is 15.1 Å². The molecule has 2 fully saturated rings.